The molecule has 1 aromatic heterocycles. The summed E-state index contributed by atoms with van der Waals surface area (Å²) in [6.45, 7) is 1.47. The molecule has 0 saturated carbocycles. The van der Waals surface area contributed by atoms with Crippen molar-refractivity contribution in [2.75, 3.05) is 18.4 Å². The summed E-state index contributed by atoms with van der Waals surface area (Å²) in [4.78, 5) is 16.9. The van der Waals surface area contributed by atoms with E-state index >= 15 is 0 Å². The number of hydrogen-bond acceptors (Lipinski definition) is 3. The van der Waals surface area contributed by atoms with Gasteiger partial charge in [0.05, 0.1) is 5.52 Å². The molecular weight excluding hydrogens is 382 g/mol. The number of anilines is 1. The predicted octanol–water partition coefficient (Wildman–Crippen LogP) is 5.66. The van der Waals surface area contributed by atoms with E-state index in [0.717, 1.165) is 52.3 Å². The zero-order valence-corrected chi connectivity index (χ0v) is 16.7. The van der Waals surface area contributed by atoms with Crippen LogP contribution in [0.4, 0.5) is 5.69 Å². The first-order chi connectivity index (χ1) is 14.2. The molecule has 4 rings (SSSR count). The standard InChI is InChI=1S/C24H22ClN3O/c25-18-10-11-21-22(12-15-27-23(21)16-18)26-13-3-4-14-28-24(29)20-9-5-7-17-6-1-2-8-19(17)20/h1-2,5-12,15-16H,3-4,13-14H2,(H,26,27)(H,28,29). The maximum absolute atomic E-state index is 12.5. The molecule has 0 radical (unpaired) electrons. The van der Waals surface area contributed by atoms with Gasteiger partial charge in [-0.15, -0.1) is 0 Å². The third-order valence-electron chi connectivity index (χ3n) is 4.94. The number of carbonyl (C=O) groups excluding carboxylic acids is 1. The molecular formula is C24H22ClN3O. The number of benzene rings is 3. The Kier molecular flexibility index (Phi) is 5.92. The van der Waals surface area contributed by atoms with E-state index in [0.29, 0.717) is 11.6 Å². The molecule has 0 bridgehead atoms. The number of unbranched alkanes of at least 4 members (excludes halogenated alkanes) is 1. The van der Waals surface area contributed by atoms with Crippen LogP contribution in [0.2, 0.25) is 5.02 Å². The highest BCUT2D eigenvalue weighted by Crippen LogP contribution is 2.24. The van der Waals surface area contributed by atoms with Crippen molar-refractivity contribution in [2.24, 2.45) is 0 Å². The molecule has 0 aliphatic heterocycles. The topological polar surface area (TPSA) is 54.0 Å². The molecule has 146 valence electrons. The van der Waals surface area contributed by atoms with Gasteiger partial charge in [0, 0.05) is 40.9 Å². The SMILES string of the molecule is O=C(NCCCCNc1ccnc2cc(Cl)ccc12)c1cccc2ccccc12. The fraction of sp³-hybridized carbons (Fsp3) is 0.167. The quantitative estimate of drug-likeness (QED) is 0.391. The van der Waals surface area contributed by atoms with Crippen LogP contribution in [0.15, 0.2) is 72.9 Å². The molecule has 5 heteroatoms. The number of aromatic nitrogens is 1. The van der Waals surface area contributed by atoms with Gasteiger partial charge in [0.15, 0.2) is 0 Å². The number of nitrogens with zero attached hydrogens (tertiary/aromatic N) is 1. The summed E-state index contributed by atoms with van der Waals surface area (Å²) in [5.41, 5.74) is 2.65. The van der Waals surface area contributed by atoms with E-state index in [1.807, 2.05) is 66.7 Å². The lowest BCUT2D eigenvalue weighted by Crippen LogP contribution is -2.25. The minimum Gasteiger partial charge on any atom is -0.384 e. The Hall–Kier alpha value is -3.11. The summed E-state index contributed by atoms with van der Waals surface area (Å²) >= 11 is 6.04. The first-order valence-electron chi connectivity index (χ1n) is 9.76. The maximum atomic E-state index is 12.5. The number of carbonyl (C=O) groups is 1. The van der Waals surface area contributed by atoms with Gasteiger partial charge in [0.1, 0.15) is 0 Å². The number of halogens is 1. The van der Waals surface area contributed by atoms with Crippen LogP contribution in [0.3, 0.4) is 0 Å². The third kappa shape index (κ3) is 4.49. The van der Waals surface area contributed by atoms with Crippen LogP contribution in [0.25, 0.3) is 21.7 Å². The largest absolute Gasteiger partial charge is 0.384 e. The zero-order chi connectivity index (χ0) is 20.1. The smallest absolute Gasteiger partial charge is 0.251 e. The van der Waals surface area contributed by atoms with Gasteiger partial charge in [-0.3, -0.25) is 9.78 Å². The average molecular weight is 404 g/mol. The van der Waals surface area contributed by atoms with E-state index < -0.39 is 0 Å². The van der Waals surface area contributed by atoms with Crippen molar-refractivity contribution < 1.29 is 4.79 Å². The van der Waals surface area contributed by atoms with Crippen molar-refractivity contribution >= 4 is 44.9 Å². The predicted molar refractivity (Wildman–Crippen MR) is 121 cm³/mol. The molecule has 2 N–H and O–H groups in total. The number of hydrogen-bond donors (Lipinski definition) is 2. The van der Waals surface area contributed by atoms with Gasteiger partial charge in [0.25, 0.3) is 5.91 Å². The van der Waals surface area contributed by atoms with Gasteiger partial charge in [0.2, 0.25) is 0 Å². The summed E-state index contributed by atoms with van der Waals surface area (Å²) < 4.78 is 0. The first kappa shape index (κ1) is 19.2. The molecule has 0 spiro atoms. The highest BCUT2D eigenvalue weighted by Gasteiger charge is 2.08. The van der Waals surface area contributed by atoms with Crippen molar-refractivity contribution in [1.82, 2.24) is 10.3 Å². The first-order valence-corrected chi connectivity index (χ1v) is 10.1. The zero-order valence-electron chi connectivity index (χ0n) is 16.0. The van der Waals surface area contributed by atoms with Crippen molar-refractivity contribution in [3.8, 4) is 0 Å². The van der Waals surface area contributed by atoms with Gasteiger partial charge in [-0.1, -0.05) is 48.0 Å². The Labute approximate surface area is 174 Å². The van der Waals surface area contributed by atoms with Crippen molar-refractivity contribution in [1.29, 1.82) is 0 Å². The molecule has 0 atom stereocenters. The second-order valence-electron chi connectivity index (χ2n) is 6.94. The Morgan fingerprint density at radius 1 is 0.897 bits per heavy atom. The monoisotopic (exact) mass is 403 g/mol. The maximum Gasteiger partial charge on any atom is 0.251 e. The number of pyridine rings is 1. The minimum absolute atomic E-state index is 0.0215. The van der Waals surface area contributed by atoms with Gasteiger partial charge in [-0.2, -0.15) is 0 Å². The summed E-state index contributed by atoms with van der Waals surface area (Å²) in [6.07, 6.45) is 3.64. The van der Waals surface area contributed by atoms with Crippen molar-refractivity contribution in [3.05, 3.63) is 83.5 Å². The lowest BCUT2D eigenvalue weighted by atomic mass is 10.0. The van der Waals surface area contributed by atoms with E-state index in [4.69, 9.17) is 11.6 Å². The molecule has 4 aromatic rings. The fourth-order valence-electron chi connectivity index (χ4n) is 3.47. The van der Waals surface area contributed by atoms with Crippen LogP contribution in [-0.2, 0) is 0 Å². The Bertz CT molecular complexity index is 1150. The van der Waals surface area contributed by atoms with Crippen LogP contribution in [-0.4, -0.2) is 24.0 Å². The summed E-state index contributed by atoms with van der Waals surface area (Å²) in [5.74, 6) is -0.0215. The van der Waals surface area contributed by atoms with Crippen molar-refractivity contribution in [2.45, 2.75) is 12.8 Å². The average Bonchev–Trinajstić information content (AvgIpc) is 2.75. The molecule has 1 amide bonds. The lowest BCUT2D eigenvalue weighted by molar-refractivity contribution is 0.0954. The summed E-state index contributed by atoms with van der Waals surface area (Å²) in [6, 6.07) is 21.5. The summed E-state index contributed by atoms with van der Waals surface area (Å²) in [5, 5.41) is 10.3. The number of nitrogens with one attached hydrogen (secondary N) is 2. The normalized spacial score (nSPS) is 10.9. The summed E-state index contributed by atoms with van der Waals surface area (Å²) in [7, 11) is 0. The molecule has 3 aromatic carbocycles. The number of fused-ring (bicyclic) bond motifs is 2. The van der Waals surface area contributed by atoms with Crippen LogP contribution >= 0.6 is 11.6 Å². The molecule has 0 aliphatic carbocycles. The lowest BCUT2D eigenvalue weighted by Gasteiger charge is -2.10. The van der Waals surface area contributed by atoms with Crippen LogP contribution < -0.4 is 10.6 Å². The second-order valence-corrected chi connectivity index (χ2v) is 7.37. The van der Waals surface area contributed by atoms with E-state index in [1.165, 1.54) is 0 Å². The second kappa shape index (κ2) is 8.93. The van der Waals surface area contributed by atoms with E-state index in [1.54, 1.807) is 6.20 Å². The minimum atomic E-state index is -0.0215. The molecule has 0 aliphatic rings. The van der Waals surface area contributed by atoms with Crippen LogP contribution in [0.5, 0.6) is 0 Å². The highest BCUT2D eigenvalue weighted by molar-refractivity contribution is 6.31. The Balaban J connectivity index is 1.27. The Morgan fingerprint density at radius 3 is 2.66 bits per heavy atom. The van der Waals surface area contributed by atoms with Crippen LogP contribution in [0.1, 0.15) is 23.2 Å². The van der Waals surface area contributed by atoms with E-state index in [-0.39, 0.29) is 5.91 Å². The molecule has 0 saturated heterocycles. The van der Waals surface area contributed by atoms with E-state index in [2.05, 4.69) is 15.6 Å². The molecule has 29 heavy (non-hydrogen) atoms. The molecule has 1 heterocycles. The van der Waals surface area contributed by atoms with Crippen molar-refractivity contribution in [3.63, 3.8) is 0 Å². The van der Waals surface area contributed by atoms with E-state index in [9.17, 15) is 4.79 Å². The molecule has 0 fully saturated rings. The number of rotatable bonds is 7. The highest BCUT2D eigenvalue weighted by atomic mass is 35.5. The van der Waals surface area contributed by atoms with Gasteiger partial charge in [-0.25, -0.2) is 0 Å². The number of amides is 1. The molecule has 0 unspecified atom stereocenters. The third-order valence-corrected chi connectivity index (χ3v) is 5.18. The molecule has 4 nitrogen and oxygen atoms in total. The Morgan fingerprint density at radius 2 is 1.72 bits per heavy atom. The van der Waals surface area contributed by atoms with Gasteiger partial charge >= 0.3 is 0 Å². The van der Waals surface area contributed by atoms with Gasteiger partial charge in [-0.05, 0) is 53.9 Å². The van der Waals surface area contributed by atoms with Crippen LogP contribution in [0, 0.1) is 0 Å². The fourth-order valence-corrected chi connectivity index (χ4v) is 3.64. The van der Waals surface area contributed by atoms with Gasteiger partial charge < -0.3 is 10.6 Å².